The van der Waals surface area contributed by atoms with Crippen LogP contribution in [-0.2, 0) is 13.2 Å². The number of hydrogen-bond donors (Lipinski definition) is 1. The number of nitrogens with two attached hydrogens (primary N) is 1. The van der Waals surface area contributed by atoms with Gasteiger partial charge < -0.3 is 10.6 Å². The molecule has 2 aromatic heterocycles. The van der Waals surface area contributed by atoms with Crippen LogP contribution < -0.4 is 5.73 Å². The molecule has 12 heteroatoms. The van der Waals surface area contributed by atoms with Gasteiger partial charge in [0, 0.05) is 49.0 Å². The number of fused-ring (bicyclic) bond motifs is 1. The zero-order valence-corrected chi connectivity index (χ0v) is 19.6. The van der Waals surface area contributed by atoms with E-state index in [1.54, 1.807) is 19.3 Å². The molecule has 4 aromatic rings. The van der Waals surface area contributed by atoms with Gasteiger partial charge in [-0.1, -0.05) is 12.1 Å². The second kappa shape index (κ2) is 9.01. The van der Waals surface area contributed by atoms with Crippen LogP contribution in [-0.4, -0.2) is 49.3 Å². The maximum Gasteiger partial charge on any atom is 0.434 e. The number of alkyl halides is 3. The fraction of sp³-hybridized carbons (Fsp3) is 0.280. The highest BCUT2D eigenvalue weighted by molar-refractivity contribution is 5.95. The molecule has 0 radical (unpaired) electrons. The van der Waals surface area contributed by atoms with Gasteiger partial charge >= 0.3 is 6.18 Å². The molecule has 3 heterocycles. The highest BCUT2D eigenvalue weighted by Crippen LogP contribution is 2.39. The van der Waals surface area contributed by atoms with E-state index in [-0.39, 0.29) is 41.9 Å². The Morgan fingerprint density at radius 3 is 2.68 bits per heavy atom. The van der Waals surface area contributed by atoms with E-state index in [1.807, 2.05) is 0 Å². The van der Waals surface area contributed by atoms with Crippen molar-refractivity contribution in [2.45, 2.75) is 25.1 Å². The lowest BCUT2D eigenvalue weighted by Crippen LogP contribution is -2.46. The molecule has 2 N–H and O–H groups in total. The molecule has 2 aromatic carbocycles. The van der Waals surface area contributed by atoms with Crippen molar-refractivity contribution < 1.29 is 22.4 Å². The lowest BCUT2D eigenvalue weighted by Gasteiger charge is -2.30. The highest BCUT2D eigenvalue weighted by Gasteiger charge is 2.44. The Morgan fingerprint density at radius 1 is 1.22 bits per heavy atom. The minimum atomic E-state index is -4.98. The van der Waals surface area contributed by atoms with Crippen molar-refractivity contribution in [1.29, 1.82) is 0 Å². The van der Waals surface area contributed by atoms with Crippen LogP contribution in [0.1, 0.15) is 29.0 Å². The van der Waals surface area contributed by atoms with Crippen LogP contribution >= 0.6 is 0 Å². The van der Waals surface area contributed by atoms with Crippen LogP contribution in [0.25, 0.3) is 32.8 Å². The van der Waals surface area contributed by atoms with E-state index < -0.39 is 29.3 Å². The summed E-state index contributed by atoms with van der Waals surface area (Å²) >= 11 is 0. The van der Waals surface area contributed by atoms with Gasteiger partial charge in [0.15, 0.2) is 11.4 Å². The smallest absolute Gasteiger partial charge is 0.336 e. The summed E-state index contributed by atoms with van der Waals surface area (Å²) in [6, 6.07) is 7.57. The summed E-state index contributed by atoms with van der Waals surface area (Å²) in [5.74, 6) is -2.10. The monoisotopic (exact) mass is 511 g/mol. The topological polar surface area (TPSA) is 86.3 Å². The van der Waals surface area contributed by atoms with Gasteiger partial charge in [-0.05, 0) is 37.1 Å². The summed E-state index contributed by atoms with van der Waals surface area (Å²) in [5, 5.41) is 4.97. The summed E-state index contributed by atoms with van der Waals surface area (Å²) in [4.78, 5) is 21.9. The summed E-state index contributed by atoms with van der Waals surface area (Å²) in [6.07, 6.45) is -2.05. The van der Waals surface area contributed by atoms with Gasteiger partial charge in [0.2, 0.25) is 5.69 Å². The van der Waals surface area contributed by atoms with E-state index in [1.165, 1.54) is 27.8 Å². The van der Waals surface area contributed by atoms with Crippen LogP contribution in [0.3, 0.4) is 0 Å². The quantitative estimate of drug-likeness (QED) is 0.319. The van der Waals surface area contributed by atoms with Gasteiger partial charge in [0.25, 0.3) is 5.91 Å². The first-order chi connectivity index (χ1) is 17.6. The summed E-state index contributed by atoms with van der Waals surface area (Å²) in [7, 11) is 1.69. The maximum absolute atomic E-state index is 14.7. The Bertz CT molecular complexity index is 1560. The first-order valence-corrected chi connectivity index (χ1v) is 11.4. The fourth-order valence-electron chi connectivity index (χ4n) is 4.62. The van der Waals surface area contributed by atoms with Crippen molar-refractivity contribution in [2.24, 2.45) is 12.8 Å². The molecule has 0 spiro atoms. The number of aryl methyl sites for hydroxylation is 1. The number of nitrogens with zero attached hydrogens (tertiary/aromatic N) is 6. The molecule has 0 aliphatic carbocycles. The Morgan fingerprint density at radius 2 is 2.00 bits per heavy atom. The highest BCUT2D eigenvalue weighted by atomic mass is 19.4. The zero-order valence-electron chi connectivity index (χ0n) is 19.6. The van der Waals surface area contributed by atoms with Gasteiger partial charge in [-0.25, -0.2) is 14.2 Å². The maximum atomic E-state index is 14.7. The van der Waals surface area contributed by atoms with Crippen molar-refractivity contribution in [2.75, 3.05) is 13.1 Å². The summed E-state index contributed by atoms with van der Waals surface area (Å²) < 4.78 is 60.8. The van der Waals surface area contributed by atoms with Gasteiger partial charge in [0.05, 0.1) is 12.1 Å². The predicted octanol–water partition coefficient (Wildman–Crippen LogP) is 4.70. The first kappa shape index (κ1) is 24.5. The molecule has 0 unspecified atom stereocenters. The molecular weight excluding hydrogens is 490 g/mol. The normalized spacial score (nSPS) is 16.2. The van der Waals surface area contributed by atoms with Crippen molar-refractivity contribution in [3.05, 3.63) is 71.2 Å². The van der Waals surface area contributed by atoms with Crippen molar-refractivity contribution in [3.63, 3.8) is 0 Å². The SMILES string of the molecule is [C-]#[N+]c1ccc(-c2nc(C(=O)N3CCC[C@@H](N)C3)c(C(F)(F)F)n2-c2ccc3cn(C)nc3c2)cc1F. The molecule has 190 valence electrons. The lowest BCUT2D eigenvalue weighted by atomic mass is 10.1. The van der Waals surface area contributed by atoms with Crippen molar-refractivity contribution >= 4 is 22.5 Å². The molecule has 5 rings (SSSR count). The van der Waals surface area contributed by atoms with Crippen LogP contribution in [0.15, 0.2) is 42.6 Å². The number of likely N-dealkylation sites (tertiary alicyclic amines) is 1. The van der Waals surface area contributed by atoms with Gasteiger partial charge in [-0.3, -0.25) is 14.0 Å². The van der Waals surface area contributed by atoms with Crippen LogP contribution in [0.2, 0.25) is 0 Å². The Kier molecular flexibility index (Phi) is 5.95. The third-order valence-corrected chi connectivity index (χ3v) is 6.28. The van der Waals surface area contributed by atoms with Gasteiger partial charge in [-0.2, -0.15) is 18.3 Å². The number of hydrogen-bond acceptors (Lipinski definition) is 4. The number of carbonyl (C=O) groups excluding carboxylic acids is 1. The fourth-order valence-corrected chi connectivity index (χ4v) is 4.62. The molecule has 0 saturated carbocycles. The van der Waals surface area contributed by atoms with Crippen molar-refractivity contribution in [3.8, 4) is 17.1 Å². The van der Waals surface area contributed by atoms with Crippen LogP contribution in [0.5, 0.6) is 0 Å². The van der Waals surface area contributed by atoms with E-state index in [2.05, 4.69) is 14.9 Å². The molecule has 1 saturated heterocycles. The van der Waals surface area contributed by atoms with E-state index in [0.717, 1.165) is 16.7 Å². The summed E-state index contributed by atoms with van der Waals surface area (Å²) in [6.45, 7) is 7.42. The van der Waals surface area contributed by atoms with Crippen LogP contribution in [0.4, 0.5) is 23.2 Å². The predicted molar refractivity (Wildman–Crippen MR) is 128 cm³/mol. The number of rotatable bonds is 3. The minimum absolute atomic E-state index is 0.0223. The molecule has 1 amide bonds. The largest absolute Gasteiger partial charge is 0.434 e. The van der Waals surface area contributed by atoms with Gasteiger partial charge in [0.1, 0.15) is 11.6 Å². The number of halogens is 4. The number of carbonyl (C=O) groups is 1. The van der Waals surface area contributed by atoms with E-state index in [4.69, 9.17) is 12.3 Å². The van der Waals surface area contributed by atoms with E-state index in [9.17, 15) is 22.4 Å². The second-order valence-electron chi connectivity index (χ2n) is 8.94. The molecule has 37 heavy (non-hydrogen) atoms. The standard InChI is InChI=1S/C25H21F4N7O/c1-31-19-8-6-14(10-18(19)26)23-32-21(24(37)35-9-3-4-16(30)13-35)22(25(27,28)29)36(23)17-7-5-15-12-34(2)33-20(15)11-17/h5-8,10-12,16H,3-4,9,13,30H2,2H3/t16-/m1/s1. The molecule has 1 atom stereocenters. The Labute approximate surface area is 208 Å². The number of imidazole rings is 1. The zero-order chi connectivity index (χ0) is 26.5. The average Bonchev–Trinajstić information content (AvgIpc) is 3.43. The Hall–Kier alpha value is -4.24. The number of benzene rings is 2. The van der Waals surface area contributed by atoms with E-state index in [0.29, 0.717) is 23.7 Å². The molecule has 1 aliphatic rings. The van der Waals surface area contributed by atoms with E-state index >= 15 is 0 Å². The Balaban J connectivity index is 1.78. The van der Waals surface area contributed by atoms with Crippen LogP contribution in [0, 0.1) is 12.4 Å². The average molecular weight is 511 g/mol. The van der Waals surface area contributed by atoms with Crippen molar-refractivity contribution in [1.82, 2.24) is 24.2 Å². The second-order valence-corrected chi connectivity index (χ2v) is 8.94. The third-order valence-electron chi connectivity index (χ3n) is 6.28. The molecule has 0 bridgehead atoms. The molecular formula is C25H21F4N7O. The first-order valence-electron chi connectivity index (χ1n) is 11.4. The molecule has 8 nitrogen and oxygen atoms in total. The molecule has 1 fully saturated rings. The molecule has 1 aliphatic heterocycles. The third kappa shape index (κ3) is 4.42. The number of piperidine rings is 1. The lowest BCUT2D eigenvalue weighted by molar-refractivity contribution is -0.142. The van der Waals surface area contributed by atoms with Gasteiger partial charge in [-0.15, -0.1) is 0 Å². The number of amides is 1. The number of aromatic nitrogens is 4. The minimum Gasteiger partial charge on any atom is -0.336 e. The summed E-state index contributed by atoms with van der Waals surface area (Å²) in [5.41, 5.74) is 4.05.